The second kappa shape index (κ2) is 4.81. The molecule has 1 N–H and O–H groups in total. The summed E-state index contributed by atoms with van der Waals surface area (Å²) >= 11 is 0. The molecule has 1 saturated carbocycles. The van der Waals surface area contributed by atoms with Crippen molar-refractivity contribution in [2.24, 2.45) is 0 Å². The van der Waals surface area contributed by atoms with Gasteiger partial charge in [0.1, 0.15) is 13.2 Å². The fourth-order valence-corrected chi connectivity index (χ4v) is 3.18. The summed E-state index contributed by atoms with van der Waals surface area (Å²) < 4.78 is 11.3. The molecule has 0 atom stereocenters. The maximum Gasteiger partial charge on any atom is 0.161 e. The van der Waals surface area contributed by atoms with Gasteiger partial charge in [0.25, 0.3) is 0 Å². The SMILES string of the molecule is CNC1(c2ccc3c(c2)OCCO3)CCCCC1. The number of hydrogen-bond acceptors (Lipinski definition) is 3. The largest absolute Gasteiger partial charge is 0.486 e. The predicted molar refractivity (Wildman–Crippen MR) is 71.3 cm³/mol. The third-order valence-corrected chi connectivity index (χ3v) is 4.28. The molecule has 3 rings (SSSR count). The summed E-state index contributed by atoms with van der Waals surface area (Å²) in [6, 6.07) is 6.41. The molecule has 0 aromatic heterocycles. The van der Waals surface area contributed by atoms with E-state index in [4.69, 9.17) is 9.47 Å². The van der Waals surface area contributed by atoms with Gasteiger partial charge in [-0.1, -0.05) is 25.3 Å². The summed E-state index contributed by atoms with van der Waals surface area (Å²) in [7, 11) is 2.07. The normalized spacial score (nSPS) is 21.6. The predicted octanol–water partition coefficient (Wildman–Crippen LogP) is 2.84. The van der Waals surface area contributed by atoms with Crippen LogP contribution < -0.4 is 14.8 Å². The van der Waals surface area contributed by atoms with E-state index in [0.29, 0.717) is 13.2 Å². The molecule has 3 heteroatoms. The fourth-order valence-electron chi connectivity index (χ4n) is 3.18. The van der Waals surface area contributed by atoms with Gasteiger partial charge < -0.3 is 14.8 Å². The van der Waals surface area contributed by atoms with Crippen molar-refractivity contribution in [3.8, 4) is 11.5 Å². The van der Waals surface area contributed by atoms with Crippen LogP contribution in [0.1, 0.15) is 37.7 Å². The average molecular weight is 247 g/mol. The molecule has 0 bridgehead atoms. The topological polar surface area (TPSA) is 30.5 Å². The zero-order valence-electron chi connectivity index (χ0n) is 11.0. The Balaban J connectivity index is 1.94. The summed E-state index contributed by atoms with van der Waals surface area (Å²) in [6.45, 7) is 1.31. The summed E-state index contributed by atoms with van der Waals surface area (Å²) in [6.07, 6.45) is 6.38. The molecular weight excluding hydrogens is 226 g/mol. The van der Waals surface area contributed by atoms with E-state index < -0.39 is 0 Å². The number of hydrogen-bond donors (Lipinski definition) is 1. The lowest BCUT2D eigenvalue weighted by atomic mass is 9.76. The van der Waals surface area contributed by atoms with Crippen LogP contribution in [0.3, 0.4) is 0 Å². The van der Waals surface area contributed by atoms with Crippen molar-refractivity contribution in [1.29, 1.82) is 0 Å². The van der Waals surface area contributed by atoms with E-state index in [0.717, 1.165) is 11.5 Å². The number of ether oxygens (including phenoxy) is 2. The van der Waals surface area contributed by atoms with Crippen LogP contribution in [0, 0.1) is 0 Å². The van der Waals surface area contributed by atoms with Crippen molar-refractivity contribution in [1.82, 2.24) is 5.32 Å². The van der Waals surface area contributed by atoms with Gasteiger partial charge in [-0.15, -0.1) is 0 Å². The molecule has 98 valence electrons. The Hall–Kier alpha value is -1.22. The summed E-state index contributed by atoms with van der Waals surface area (Å²) in [5, 5.41) is 3.54. The molecule has 1 aliphatic carbocycles. The van der Waals surface area contributed by atoms with Crippen LogP contribution in [0.25, 0.3) is 0 Å². The molecule has 2 aliphatic rings. The van der Waals surface area contributed by atoms with Crippen molar-refractivity contribution >= 4 is 0 Å². The average Bonchev–Trinajstić information content (AvgIpc) is 2.47. The van der Waals surface area contributed by atoms with Crippen molar-refractivity contribution in [2.75, 3.05) is 20.3 Å². The Morgan fingerprint density at radius 3 is 2.44 bits per heavy atom. The van der Waals surface area contributed by atoms with E-state index in [-0.39, 0.29) is 5.54 Å². The minimum atomic E-state index is 0.133. The molecule has 18 heavy (non-hydrogen) atoms. The molecule has 1 aromatic carbocycles. The minimum absolute atomic E-state index is 0.133. The van der Waals surface area contributed by atoms with E-state index in [1.807, 2.05) is 0 Å². The zero-order valence-corrected chi connectivity index (χ0v) is 11.0. The minimum Gasteiger partial charge on any atom is -0.486 e. The first-order valence-electron chi connectivity index (χ1n) is 6.93. The lowest BCUT2D eigenvalue weighted by molar-refractivity contribution is 0.170. The van der Waals surface area contributed by atoms with Gasteiger partial charge in [-0.3, -0.25) is 0 Å². The molecular formula is C15H21NO2. The quantitative estimate of drug-likeness (QED) is 0.871. The van der Waals surface area contributed by atoms with Crippen LogP contribution in [0.15, 0.2) is 18.2 Å². The fraction of sp³-hybridized carbons (Fsp3) is 0.600. The Morgan fingerprint density at radius 1 is 1.00 bits per heavy atom. The maximum atomic E-state index is 5.69. The van der Waals surface area contributed by atoms with Crippen LogP contribution in [-0.4, -0.2) is 20.3 Å². The number of benzene rings is 1. The summed E-state index contributed by atoms with van der Waals surface area (Å²) in [5.74, 6) is 1.78. The first-order valence-corrected chi connectivity index (χ1v) is 6.93. The third kappa shape index (κ3) is 1.97. The summed E-state index contributed by atoms with van der Waals surface area (Å²) in [4.78, 5) is 0. The van der Waals surface area contributed by atoms with E-state index in [2.05, 4.69) is 30.6 Å². The van der Waals surface area contributed by atoms with Crippen LogP contribution in [0.5, 0.6) is 11.5 Å². The first-order chi connectivity index (χ1) is 8.84. The Kier molecular flexibility index (Phi) is 3.16. The van der Waals surface area contributed by atoms with E-state index >= 15 is 0 Å². The molecule has 0 amide bonds. The first kappa shape index (κ1) is 11.8. The molecule has 3 nitrogen and oxygen atoms in total. The van der Waals surface area contributed by atoms with Crippen LogP contribution in [0.4, 0.5) is 0 Å². The molecule has 1 heterocycles. The standard InChI is InChI=1S/C15H21NO2/c1-16-15(7-3-2-4-8-15)12-5-6-13-14(11-12)18-10-9-17-13/h5-6,11,16H,2-4,7-10H2,1H3. The Bertz CT molecular complexity index is 425. The van der Waals surface area contributed by atoms with Gasteiger partial charge >= 0.3 is 0 Å². The highest BCUT2D eigenvalue weighted by atomic mass is 16.6. The van der Waals surface area contributed by atoms with Gasteiger partial charge in [0, 0.05) is 5.54 Å². The third-order valence-electron chi connectivity index (χ3n) is 4.28. The maximum absolute atomic E-state index is 5.69. The van der Waals surface area contributed by atoms with Gasteiger partial charge in [0.2, 0.25) is 0 Å². The Labute approximate surface area is 108 Å². The van der Waals surface area contributed by atoms with Gasteiger partial charge in [0.15, 0.2) is 11.5 Å². The van der Waals surface area contributed by atoms with E-state index in [9.17, 15) is 0 Å². The van der Waals surface area contributed by atoms with Crippen molar-refractivity contribution < 1.29 is 9.47 Å². The smallest absolute Gasteiger partial charge is 0.161 e. The van der Waals surface area contributed by atoms with Crippen LogP contribution in [-0.2, 0) is 5.54 Å². The molecule has 0 radical (unpaired) electrons. The van der Waals surface area contributed by atoms with Crippen LogP contribution >= 0.6 is 0 Å². The molecule has 0 saturated heterocycles. The highest BCUT2D eigenvalue weighted by Crippen LogP contribution is 2.40. The number of fused-ring (bicyclic) bond motifs is 1. The molecule has 1 fully saturated rings. The highest BCUT2D eigenvalue weighted by Gasteiger charge is 2.33. The molecule has 1 aromatic rings. The van der Waals surface area contributed by atoms with E-state index in [1.165, 1.54) is 37.7 Å². The summed E-state index contributed by atoms with van der Waals surface area (Å²) in [5.41, 5.74) is 1.47. The zero-order chi connectivity index (χ0) is 12.4. The molecule has 0 unspecified atom stereocenters. The van der Waals surface area contributed by atoms with Gasteiger partial charge in [-0.25, -0.2) is 0 Å². The number of rotatable bonds is 2. The van der Waals surface area contributed by atoms with Crippen LogP contribution in [0.2, 0.25) is 0 Å². The van der Waals surface area contributed by atoms with Crippen molar-refractivity contribution in [2.45, 2.75) is 37.6 Å². The lowest BCUT2D eigenvalue weighted by Gasteiger charge is -2.38. The highest BCUT2D eigenvalue weighted by molar-refractivity contribution is 5.46. The van der Waals surface area contributed by atoms with Crippen molar-refractivity contribution in [3.05, 3.63) is 23.8 Å². The van der Waals surface area contributed by atoms with Gasteiger partial charge in [-0.05, 0) is 37.6 Å². The monoisotopic (exact) mass is 247 g/mol. The second-order valence-corrected chi connectivity index (χ2v) is 5.25. The Morgan fingerprint density at radius 2 is 1.72 bits per heavy atom. The number of nitrogens with one attached hydrogen (secondary N) is 1. The second-order valence-electron chi connectivity index (χ2n) is 5.25. The lowest BCUT2D eigenvalue weighted by Crippen LogP contribution is -2.41. The van der Waals surface area contributed by atoms with Crippen molar-refractivity contribution in [3.63, 3.8) is 0 Å². The van der Waals surface area contributed by atoms with Gasteiger partial charge in [-0.2, -0.15) is 0 Å². The molecule has 1 aliphatic heterocycles. The van der Waals surface area contributed by atoms with Gasteiger partial charge in [0.05, 0.1) is 0 Å². The molecule has 0 spiro atoms. The van der Waals surface area contributed by atoms with E-state index in [1.54, 1.807) is 0 Å².